The van der Waals surface area contributed by atoms with Crippen LogP contribution in [0.2, 0.25) is 0 Å². The molecule has 8 heteroatoms. The Hall–Kier alpha value is -3.26. The van der Waals surface area contributed by atoms with Crippen LogP contribution in [-0.4, -0.2) is 62.4 Å². The summed E-state index contributed by atoms with van der Waals surface area (Å²) in [5, 5.41) is 21.2. The first-order chi connectivity index (χ1) is 13.6. The van der Waals surface area contributed by atoms with Crippen LogP contribution in [-0.2, 0) is 0 Å². The lowest BCUT2D eigenvalue weighted by molar-refractivity contribution is 0.0474. The van der Waals surface area contributed by atoms with Crippen LogP contribution in [0.5, 0.6) is 5.75 Å². The molecule has 1 amide bonds. The lowest BCUT2D eigenvalue weighted by Gasteiger charge is -2.30. The lowest BCUT2D eigenvalue weighted by atomic mass is 10.00. The van der Waals surface area contributed by atoms with Gasteiger partial charge in [-0.3, -0.25) is 4.79 Å². The van der Waals surface area contributed by atoms with Gasteiger partial charge in [-0.05, 0) is 64.7 Å². The largest absolute Gasteiger partial charge is 0.497 e. The van der Waals surface area contributed by atoms with Crippen LogP contribution < -0.4 is 4.74 Å². The number of carbonyl (C=O) groups excluding carboxylic acids is 1. The molecule has 0 spiro atoms. The molecule has 0 aliphatic carbocycles. The number of methoxy groups -OCH3 is 1. The van der Waals surface area contributed by atoms with Crippen molar-refractivity contribution in [3.63, 3.8) is 0 Å². The van der Waals surface area contributed by atoms with E-state index in [2.05, 4.69) is 15.5 Å². The summed E-state index contributed by atoms with van der Waals surface area (Å²) in [5.74, 6) is 0.655. The topological polar surface area (TPSA) is 93.4 Å². The summed E-state index contributed by atoms with van der Waals surface area (Å²) in [6.45, 7) is 0.995. The smallest absolute Gasteiger partial charge is 0.254 e. The van der Waals surface area contributed by atoms with Crippen LogP contribution in [0, 0.1) is 0 Å². The van der Waals surface area contributed by atoms with Crippen molar-refractivity contribution in [3.05, 3.63) is 54.4 Å². The second-order valence-electron chi connectivity index (χ2n) is 6.80. The third-order valence-electron chi connectivity index (χ3n) is 4.89. The molecule has 3 aromatic rings. The molecule has 1 aromatic heterocycles. The fourth-order valence-corrected chi connectivity index (χ4v) is 3.42. The molecule has 0 radical (unpaired) electrons. The second-order valence-corrected chi connectivity index (χ2v) is 6.80. The first kappa shape index (κ1) is 18.1. The summed E-state index contributed by atoms with van der Waals surface area (Å²) in [7, 11) is 1.62. The van der Waals surface area contributed by atoms with Gasteiger partial charge in [0.05, 0.1) is 18.9 Å². The van der Waals surface area contributed by atoms with Gasteiger partial charge in [0.15, 0.2) is 0 Å². The number of aliphatic hydroxyl groups excluding tert-OH is 1. The maximum Gasteiger partial charge on any atom is 0.254 e. The first-order valence-electron chi connectivity index (χ1n) is 9.14. The molecule has 1 aliphatic rings. The third kappa shape index (κ3) is 3.72. The number of carbonyl (C=O) groups is 1. The SMILES string of the molecule is COc1ccc(-c2cc(C(=O)N3CCCC(O)C3)cc(-n3cnnn3)c2)cc1. The van der Waals surface area contributed by atoms with Gasteiger partial charge in [0.1, 0.15) is 12.1 Å². The van der Waals surface area contributed by atoms with Gasteiger partial charge in [-0.15, -0.1) is 5.10 Å². The zero-order chi connectivity index (χ0) is 19.5. The molecule has 1 N–H and O–H groups in total. The van der Waals surface area contributed by atoms with Crippen molar-refractivity contribution in [1.82, 2.24) is 25.1 Å². The van der Waals surface area contributed by atoms with Crippen molar-refractivity contribution in [2.45, 2.75) is 18.9 Å². The summed E-state index contributed by atoms with van der Waals surface area (Å²) in [5.41, 5.74) is 3.05. The Bertz CT molecular complexity index is 956. The van der Waals surface area contributed by atoms with E-state index in [-0.39, 0.29) is 5.91 Å². The van der Waals surface area contributed by atoms with E-state index < -0.39 is 6.10 Å². The number of ether oxygens (including phenoxy) is 1. The second kappa shape index (κ2) is 7.77. The number of amides is 1. The number of piperidine rings is 1. The highest BCUT2D eigenvalue weighted by Crippen LogP contribution is 2.27. The van der Waals surface area contributed by atoms with Crippen LogP contribution >= 0.6 is 0 Å². The van der Waals surface area contributed by atoms with Crippen LogP contribution in [0.1, 0.15) is 23.2 Å². The maximum atomic E-state index is 13.1. The number of tetrazole rings is 1. The van der Waals surface area contributed by atoms with Crippen molar-refractivity contribution in [3.8, 4) is 22.6 Å². The summed E-state index contributed by atoms with van der Waals surface area (Å²) in [6, 6.07) is 13.2. The lowest BCUT2D eigenvalue weighted by Crippen LogP contribution is -2.42. The average Bonchev–Trinajstić information content (AvgIpc) is 3.28. The summed E-state index contributed by atoms with van der Waals surface area (Å²) in [6.07, 6.45) is 2.55. The van der Waals surface area contributed by atoms with Crippen molar-refractivity contribution in [1.29, 1.82) is 0 Å². The molecule has 8 nitrogen and oxygen atoms in total. The molecule has 144 valence electrons. The number of nitrogens with zero attached hydrogens (tertiary/aromatic N) is 5. The van der Waals surface area contributed by atoms with Crippen molar-refractivity contribution >= 4 is 5.91 Å². The number of likely N-dealkylation sites (tertiary alicyclic amines) is 1. The molecule has 1 aliphatic heterocycles. The van der Waals surface area contributed by atoms with E-state index >= 15 is 0 Å². The van der Waals surface area contributed by atoms with E-state index in [1.807, 2.05) is 36.4 Å². The fourth-order valence-electron chi connectivity index (χ4n) is 3.42. The van der Waals surface area contributed by atoms with E-state index in [4.69, 9.17) is 4.74 Å². The van der Waals surface area contributed by atoms with Crippen molar-refractivity contribution in [2.24, 2.45) is 0 Å². The van der Waals surface area contributed by atoms with Gasteiger partial charge in [0.25, 0.3) is 5.91 Å². The summed E-state index contributed by atoms with van der Waals surface area (Å²) < 4.78 is 6.75. The molecule has 1 fully saturated rings. The molecule has 2 aromatic carbocycles. The molecule has 1 saturated heterocycles. The normalized spacial score (nSPS) is 16.8. The maximum absolute atomic E-state index is 13.1. The number of benzene rings is 2. The van der Waals surface area contributed by atoms with Crippen LogP contribution in [0.4, 0.5) is 0 Å². The predicted molar refractivity (Wildman–Crippen MR) is 102 cm³/mol. The highest BCUT2D eigenvalue weighted by molar-refractivity contribution is 5.96. The van der Waals surface area contributed by atoms with Gasteiger partial charge in [-0.2, -0.15) is 0 Å². The highest BCUT2D eigenvalue weighted by atomic mass is 16.5. The number of aliphatic hydroxyl groups is 1. The number of aromatic nitrogens is 4. The average molecular weight is 379 g/mol. The van der Waals surface area contributed by atoms with E-state index in [1.165, 1.54) is 11.0 Å². The standard InChI is InChI=1S/C20H21N5O3/c1-28-19-6-4-14(5-7-19)15-9-16(11-17(10-15)25-13-21-22-23-25)20(27)24-8-2-3-18(26)12-24/h4-7,9-11,13,18,26H,2-3,8,12H2,1H3. The monoisotopic (exact) mass is 379 g/mol. The summed E-state index contributed by atoms with van der Waals surface area (Å²) in [4.78, 5) is 14.8. The quantitative estimate of drug-likeness (QED) is 0.745. The minimum Gasteiger partial charge on any atom is -0.497 e. The van der Waals surface area contributed by atoms with Gasteiger partial charge in [-0.1, -0.05) is 12.1 Å². The zero-order valence-corrected chi connectivity index (χ0v) is 15.5. The van der Waals surface area contributed by atoms with Crippen molar-refractivity contribution < 1.29 is 14.6 Å². The van der Waals surface area contributed by atoms with Gasteiger partial charge in [0, 0.05) is 18.7 Å². The van der Waals surface area contributed by atoms with Crippen LogP contribution in [0.3, 0.4) is 0 Å². The number of hydrogen-bond acceptors (Lipinski definition) is 6. The fraction of sp³-hybridized carbons (Fsp3) is 0.300. The Balaban J connectivity index is 1.74. The molecule has 4 rings (SSSR count). The molecule has 1 unspecified atom stereocenters. The minimum absolute atomic E-state index is 0.108. The van der Waals surface area contributed by atoms with E-state index in [1.54, 1.807) is 18.1 Å². The van der Waals surface area contributed by atoms with E-state index in [0.717, 1.165) is 29.7 Å². The van der Waals surface area contributed by atoms with Gasteiger partial charge >= 0.3 is 0 Å². The molecule has 2 heterocycles. The molecule has 1 atom stereocenters. The Kier molecular flexibility index (Phi) is 5.03. The summed E-state index contributed by atoms with van der Waals surface area (Å²) >= 11 is 0. The van der Waals surface area contributed by atoms with Gasteiger partial charge in [-0.25, -0.2) is 4.68 Å². The van der Waals surface area contributed by atoms with Crippen LogP contribution in [0.15, 0.2) is 48.8 Å². The molecule has 28 heavy (non-hydrogen) atoms. The number of rotatable bonds is 4. The molecule has 0 saturated carbocycles. The third-order valence-corrected chi connectivity index (χ3v) is 4.89. The van der Waals surface area contributed by atoms with E-state index in [9.17, 15) is 9.90 Å². The number of β-amino-alcohol motifs (C(OH)–C–C–N with tert-alkyl or cyclic N) is 1. The van der Waals surface area contributed by atoms with Crippen LogP contribution in [0.25, 0.3) is 16.8 Å². The van der Waals surface area contributed by atoms with Crippen molar-refractivity contribution in [2.75, 3.05) is 20.2 Å². The Morgan fingerprint density at radius 1 is 1.18 bits per heavy atom. The molecule has 0 bridgehead atoms. The first-order valence-corrected chi connectivity index (χ1v) is 9.14. The highest BCUT2D eigenvalue weighted by Gasteiger charge is 2.24. The molecular formula is C20H21N5O3. The Morgan fingerprint density at radius 3 is 2.68 bits per heavy atom. The Morgan fingerprint density at radius 2 is 2.00 bits per heavy atom. The minimum atomic E-state index is -0.471. The van der Waals surface area contributed by atoms with Gasteiger partial charge < -0.3 is 14.7 Å². The van der Waals surface area contributed by atoms with Gasteiger partial charge in [0.2, 0.25) is 0 Å². The van der Waals surface area contributed by atoms with E-state index in [0.29, 0.717) is 24.3 Å². The zero-order valence-electron chi connectivity index (χ0n) is 15.5. The Labute approximate surface area is 162 Å². The number of hydrogen-bond donors (Lipinski definition) is 1. The predicted octanol–water partition coefficient (Wildman–Crippen LogP) is 1.93. The molecular weight excluding hydrogens is 358 g/mol.